The summed E-state index contributed by atoms with van der Waals surface area (Å²) >= 11 is 6.15. The van der Waals surface area contributed by atoms with Crippen molar-refractivity contribution < 1.29 is 14.7 Å². The maximum atomic E-state index is 11.5. The van der Waals surface area contributed by atoms with Crippen molar-refractivity contribution in [2.75, 3.05) is 46.4 Å². The van der Waals surface area contributed by atoms with E-state index in [9.17, 15) is 4.79 Å². The first-order valence-corrected chi connectivity index (χ1v) is 12.6. The standard InChI is InChI=1S/C28H33ClN4O3/c1-31(35)28(34)30-21-22-6-5-9-26(20-22)36-19-18-32-14-16-33(17-15-32)27(23-7-3-2-4-8-23)24-10-12-25(29)13-11-24/h2-13,20,27,35H,14-19,21H2,1H3,(H,30,34)/t27-/m1/s1. The van der Waals surface area contributed by atoms with Gasteiger partial charge in [0.1, 0.15) is 12.4 Å². The first-order valence-electron chi connectivity index (χ1n) is 12.2. The number of nitrogens with one attached hydrogen (secondary N) is 1. The van der Waals surface area contributed by atoms with Crippen LogP contribution in [0.3, 0.4) is 0 Å². The molecule has 1 aliphatic rings. The van der Waals surface area contributed by atoms with Crippen molar-refractivity contribution in [2.45, 2.75) is 12.6 Å². The summed E-state index contributed by atoms with van der Waals surface area (Å²) < 4.78 is 5.99. The molecule has 2 amide bonds. The number of rotatable bonds is 9. The maximum absolute atomic E-state index is 11.5. The minimum Gasteiger partial charge on any atom is -0.492 e. The van der Waals surface area contributed by atoms with E-state index >= 15 is 0 Å². The molecule has 0 bridgehead atoms. The number of amides is 2. The van der Waals surface area contributed by atoms with Crippen molar-refractivity contribution in [1.29, 1.82) is 0 Å². The van der Waals surface area contributed by atoms with E-state index in [1.165, 1.54) is 18.2 Å². The van der Waals surface area contributed by atoms with Gasteiger partial charge < -0.3 is 10.1 Å². The van der Waals surface area contributed by atoms with Gasteiger partial charge in [0.05, 0.1) is 6.04 Å². The lowest BCUT2D eigenvalue weighted by molar-refractivity contribution is -0.0184. The lowest BCUT2D eigenvalue weighted by Crippen LogP contribution is -2.48. The summed E-state index contributed by atoms with van der Waals surface area (Å²) in [6.45, 7) is 5.64. The summed E-state index contributed by atoms with van der Waals surface area (Å²) in [5, 5.41) is 13.1. The van der Waals surface area contributed by atoms with Gasteiger partial charge in [0.15, 0.2) is 0 Å². The van der Waals surface area contributed by atoms with Crippen LogP contribution in [0.1, 0.15) is 22.7 Å². The number of hydroxylamine groups is 2. The molecule has 7 nitrogen and oxygen atoms in total. The third-order valence-corrected chi connectivity index (χ3v) is 6.64. The van der Waals surface area contributed by atoms with Gasteiger partial charge in [0.2, 0.25) is 0 Å². The van der Waals surface area contributed by atoms with Gasteiger partial charge in [-0.1, -0.05) is 66.2 Å². The first kappa shape index (κ1) is 26.0. The molecule has 36 heavy (non-hydrogen) atoms. The zero-order chi connectivity index (χ0) is 25.3. The monoisotopic (exact) mass is 508 g/mol. The molecule has 3 aromatic carbocycles. The Morgan fingerprint density at radius 2 is 1.69 bits per heavy atom. The molecular formula is C28H33ClN4O3. The Morgan fingerprint density at radius 1 is 1.00 bits per heavy atom. The fourth-order valence-electron chi connectivity index (χ4n) is 4.47. The molecule has 0 saturated carbocycles. The van der Waals surface area contributed by atoms with Crippen LogP contribution in [-0.4, -0.2) is 72.5 Å². The number of carbonyl (C=O) groups excluding carboxylic acids is 1. The Hall–Kier alpha value is -3.10. The number of piperazine rings is 1. The van der Waals surface area contributed by atoms with Gasteiger partial charge in [-0.3, -0.25) is 15.0 Å². The maximum Gasteiger partial charge on any atom is 0.341 e. The van der Waals surface area contributed by atoms with Crippen molar-refractivity contribution in [3.05, 3.63) is 101 Å². The molecule has 3 aromatic rings. The van der Waals surface area contributed by atoms with Crippen LogP contribution in [-0.2, 0) is 6.54 Å². The smallest absolute Gasteiger partial charge is 0.341 e. The molecular weight excluding hydrogens is 476 g/mol. The topological polar surface area (TPSA) is 68.3 Å². The van der Waals surface area contributed by atoms with E-state index in [1.807, 2.05) is 36.4 Å². The fourth-order valence-corrected chi connectivity index (χ4v) is 4.60. The second-order valence-electron chi connectivity index (χ2n) is 8.92. The van der Waals surface area contributed by atoms with Crippen LogP contribution in [0.5, 0.6) is 5.75 Å². The number of hydrogen-bond donors (Lipinski definition) is 2. The molecule has 0 unspecified atom stereocenters. The van der Waals surface area contributed by atoms with Gasteiger partial charge in [-0.05, 0) is 41.0 Å². The minimum atomic E-state index is -0.550. The van der Waals surface area contributed by atoms with E-state index in [0.29, 0.717) is 18.2 Å². The van der Waals surface area contributed by atoms with Gasteiger partial charge in [-0.2, -0.15) is 0 Å². The predicted octanol–water partition coefficient (Wildman–Crippen LogP) is 4.66. The highest BCUT2D eigenvalue weighted by Crippen LogP contribution is 2.30. The van der Waals surface area contributed by atoms with Gasteiger partial charge in [0.25, 0.3) is 0 Å². The van der Waals surface area contributed by atoms with Crippen LogP contribution < -0.4 is 10.1 Å². The number of nitrogens with zero attached hydrogens (tertiary/aromatic N) is 3. The molecule has 4 rings (SSSR count). The average molecular weight is 509 g/mol. The zero-order valence-electron chi connectivity index (χ0n) is 20.5. The number of benzene rings is 3. The summed E-state index contributed by atoms with van der Waals surface area (Å²) in [5.41, 5.74) is 3.45. The highest BCUT2D eigenvalue weighted by Gasteiger charge is 2.26. The molecule has 1 saturated heterocycles. The number of halogens is 1. The summed E-state index contributed by atoms with van der Waals surface area (Å²) in [6, 6.07) is 26.1. The van der Waals surface area contributed by atoms with E-state index in [-0.39, 0.29) is 6.04 Å². The van der Waals surface area contributed by atoms with Gasteiger partial charge in [-0.15, -0.1) is 0 Å². The second-order valence-corrected chi connectivity index (χ2v) is 9.36. The summed E-state index contributed by atoms with van der Waals surface area (Å²) in [7, 11) is 1.29. The van der Waals surface area contributed by atoms with E-state index in [1.54, 1.807) is 0 Å². The van der Waals surface area contributed by atoms with Crippen molar-refractivity contribution in [2.24, 2.45) is 0 Å². The summed E-state index contributed by atoms with van der Waals surface area (Å²) in [6.07, 6.45) is 0. The number of urea groups is 1. The molecule has 8 heteroatoms. The van der Waals surface area contributed by atoms with Gasteiger partial charge >= 0.3 is 6.03 Å². The van der Waals surface area contributed by atoms with Gasteiger partial charge in [-0.25, -0.2) is 9.86 Å². The molecule has 1 heterocycles. The highest BCUT2D eigenvalue weighted by molar-refractivity contribution is 6.30. The fraction of sp³-hybridized carbons (Fsp3) is 0.321. The first-order chi connectivity index (χ1) is 17.5. The van der Waals surface area contributed by atoms with Crippen LogP contribution in [0.4, 0.5) is 4.79 Å². The van der Waals surface area contributed by atoms with Crippen LogP contribution in [0, 0.1) is 0 Å². The van der Waals surface area contributed by atoms with E-state index in [4.69, 9.17) is 21.5 Å². The third kappa shape index (κ3) is 7.21. The van der Waals surface area contributed by atoms with Crippen LogP contribution in [0.15, 0.2) is 78.9 Å². The zero-order valence-corrected chi connectivity index (χ0v) is 21.3. The Labute approximate surface area is 217 Å². The van der Waals surface area contributed by atoms with Crippen LogP contribution in [0.2, 0.25) is 5.02 Å². The number of hydrogen-bond acceptors (Lipinski definition) is 5. The Bertz CT molecular complexity index is 1100. The molecule has 2 N–H and O–H groups in total. The average Bonchev–Trinajstić information content (AvgIpc) is 2.90. The molecule has 0 radical (unpaired) electrons. The Morgan fingerprint density at radius 3 is 2.39 bits per heavy atom. The van der Waals surface area contributed by atoms with E-state index in [0.717, 1.165) is 49.1 Å². The van der Waals surface area contributed by atoms with Crippen LogP contribution in [0.25, 0.3) is 0 Å². The van der Waals surface area contributed by atoms with E-state index in [2.05, 4.69) is 57.6 Å². The Kier molecular flexibility index (Phi) is 9.19. The van der Waals surface area contributed by atoms with Gasteiger partial charge in [0, 0.05) is 51.3 Å². The molecule has 0 spiro atoms. The molecule has 0 aromatic heterocycles. The molecule has 190 valence electrons. The lowest BCUT2D eigenvalue weighted by atomic mass is 9.96. The summed E-state index contributed by atoms with van der Waals surface area (Å²) in [5.74, 6) is 0.768. The predicted molar refractivity (Wildman–Crippen MR) is 141 cm³/mol. The normalized spacial score (nSPS) is 15.3. The van der Waals surface area contributed by atoms with Crippen LogP contribution >= 0.6 is 11.6 Å². The molecule has 1 aliphatic heterocycles. The second kappa shape index (κ2) is 12.7. The minimum absolute atomic E-state index is 0.204. The molecule has 1 fully saturated rings. The van der Waals surface area contributed by atoms with Crippen molar-refractivity contribution in [3.63, 3.8) is 0 Å². The third-order valence-electron chi connectivity index (χ3n) is 6.39. The Balaban J connectivity index is 1.28. The van der Waals surface area contributed by atoms with Crippen molar-refractivity contribution in [1.82, 2.24) is 20.2 Å². The number of ether oxygens (including phenoxy) is 1. The van der Waals surface area contributed by atoms with Crippen molar-refractivity contribution in [3.8, 4) is 5.75 Å². The summed E-state index contributed by atoms with van der Waals surface area (Å²) in [4.78, 5) is 16.5. The molecule has 0 aliphatic carbocycles. The lowest BCUT2D eigenvalue weighted by Gasteiger charge is -2.39. The quantitative estimate of drug-likeness (QED) is 0.325. The largest absolute Gasteiger partial charge is 0.492 e. The highest BCUT2D eigenvalue weighted by atomic mass is 35.5. The van der Waals surface area contributed by atoms with E-state index < -0.39 is 6.03 Å². The number of carbonyl (C=O) groups is 1. The van der Waals surface area contributed by atoms with Crippen molar-refractivity contribution >= 4 is 17.6 Å². The SMILES string of the molecule is CN(O)C(=O)NCc1cccc(OCCN2CCN([C@H](c3ccccc3)c3ccc(Cl)cc3)CC2)c1. The molecule has 1 atom stereocenters.